The van der Waals surface area contributed by atoms with Crippen LogP contribution < -0.4 is 10.6 Å². The van der Waals surface area contributed by atoms with Crippen LogP contribution in [0, 0.1) is 6.92 Å². The Morgan fingerprint density at radius 2 is 1.30 bits per heavy atom. The second-order valence-corrected chi connectivity index (χ2v) is 12.2. The van der Waals surface area contributed by atoms with Gasteiger partial charge < -0.3 is 4.74 Å². The van der Waals surface area contributed by atoms with E-state index in [0.717, 1.165) is 16.2 Å². The monoisotopic (exact) mass is 438 g/mol. The molecule has 0 aliphatic carbocycles. The topological polar surface area (TPSA) is 43.4 Å². The van der Waals surface area contributed by atoms with Crippen LogP contribution in [0.4, 0.5) is 0 Å². The van der Waals surface area contributed by atoms with E-state index in [2.05, 4.69) is 0 Å². The summed E-state index contributed by atoms with van der Waals surface area (Å²) in [4.78, 5) is 13.3. The number of hydrogen-bond acceptors (Lipinski definition) is 3. The summed E-state index contributed by atoms with van der Waals surface area (Å²) >= 11 is 0. The Morgan fingerprint density at radius 3 is 1.73 bits per heavy atom. The van der Waals surface area contributed by atoms with Crippen LogP contribution in [0.1, 0.15) is 26.3 Å². The summed E-state index contributed by atoms with van der Waals surface area (Å²) in [6.07, 6.45) is 0. The minimum atomic E-state index is -1.57. The van der Waals surface area contributed by atoms with Crippen LogP contribution in [-0.4, -0.2) is 20.8 Å². The first-order valence-electron chi connectivity index (χ1n) is 9.86. The zero-order valence-corrected chi connectivity index (χ0v) is 19.5. The number of esters is 1. The van der Waals surface area contributed by atoms with E-state index in [1.165, 1.54) is 0 Å². The van der Waals surface area contributed by atoms with Crippen molar-refractivity contribution in [2.24, 2.45) is 0 Å². The highest BCUT2D eigenvalue weighted by Gasteiger charge is 2.39. The van der Waals surface area contributed by atoms with Crippen molar-refractivity contribution in [2.75, 3.05) is 0 Å². The first-order chi connectivity index (χ1) is 14.3. The second kappa shape index (κ2) is 9.68. The van der Waals surface area contributed by atoms with E-state index < -0.39 is 35.3 Å². The Morgan fingerprint density at radius 1 is 0.833 bits per heavy atom. The zero-order chi connectivity index (χ0) is 21.7. The van der Waals surface area contributed by atoms with Gasteiger partial charge in [0.15, 0.2) is 4.99 Å². The first-order valence-corrected chi connectivity index (χ1v) is 12.5. The van der Waals surface area contributed by atoms with Gasteiger partial charge in [0.05, 0.1) is 10.8 Å². The molecule has 0 amide bonds. The fourth-order valence-corrected chi connectivity index (χ4v) is 7.88. The van der Waals surface area contributed by atoms with E-state index in [-0.39, 0.29) is 0 Å². The molecule has 0 radical (unpaired) electrons. The van der Waals surface area contributed by atoms with Gasteiger partial charge in [-0.3, -0.25) is 9.00 Å². The van der Waals surface area contributed by atoms with Crippen LogP contribution in [0.3, 0.4) is 0 Å². The van der Waals surface area contributed by atoms with Gasteiger partial charge in [-0.25, -0.2) is 0 Å². The van der Waals surface area contributed by atoms with Gasteiger partial charge in [-0.1, -0.05) is 78.4 Å². The minimum absolute atomic E-state index is 0.430. The van der Waals surface area contributed by atoms with E-state index in [1.807, 2.05) is 113 Å². The molecule has 156 valence electrons. The molecule has 0 heterocycles. The molecule has 3 aromatic carbocycles. The Bertz CT molecular complexity index is 957. The van der Waals surface area contributed by atoms with E-state index in [1.54, 1.807) is 0 Å². The van der Waals surface area contributed by atoms with Crippen molar-refractivity contribution in [2.45, 2.75) is 43.2 Å². The lowest BCUT2D eigenvalue weighted by Crippen LogP contribution is -2.37. The standard InChI is InChI=1S/C25H27O3PS/c1-19-15-17-22(18-16-19)30(27)24(23(26)28-25(2,3)4)29(20-11-7-5-8-12-20)21-13-9-6-10-14-21/h5-18,24H,1-4H3/t24-,30?/m0/s1. The molecule has 0 saturated carbocycles. The van der Waals surface area contributed by atoms with Gasteiger partial charge in [-0.05, 0) is 58.4 Å². The third kappa shape index (κ3) is 5.65. The summed E-state index contributed by atoms with van der Waals surface area (Å²) in [5.41, 5.74) is 0.416. The molecule has 0 bridgehead atoms. The first kappa shape index (κ1) is 22.4. The zero-order valence-electron chi connectivity index (χ0n) is 17.7. The molecule has 3 nitrogen and oxygen atoms in total. The minimum Gasteiger partial charge on any atom is -0.459 e. The quantitative estimate of drug-likeness (QED) is 0.406. The molecular weight excluding hydrogens is 411 g/mol. The third-order valence-corrected chi connectivity index (χ3v) is 9.30. The Hall–Kier alpha value is -2.29. The van der Waals surface area contributed by atoms with Crippen molar-refractivity contribution in [3.8, 4) is 0 Å². The van der Waals surface area contributed by atoms with Crippen molar-refractivity contribution >= 4 is 35.3 Å². The number of carbonyl (C=O) groups excluding carboxylic acids is 1. The summed E-state index contributed by atoms with van der Waals surface area (Å²) < 4.78 is 19.6. The summed E-state index contributed by atoms with van der Waals surface area (Å²) in [5, 5.41) is 1.99. The van der Waals surface area contributed by atoms with Crippen molar-refractivity contribution in [3.05, 3.63) is 90.5 Å². The number of ether oxygens (including phenoxy) is 1. The maximum atomic E-state index is 13.8. The molecule has 5 heteroatoms. The molecule has 3 aromatic rings. The normalized spacial score (nSPS) is 13.6. The highest BCUT2D eigenvalue weighted by atomic mass is 32.2. The van der Waals surface area contributed by atoms with Gasteiger partial charge in [0, 0.05) is 4.90 Å². The molecule has 2 atom stereocenters. The van der Waals surface area contributed by atoms with E-state index in [4.69, 9.17) is 4.74 Å². The summed E-state index contributed by atoms with van der Waals surface area (Å²) in [6.45, 7) is 7.50. The summed E-state index contributed by atoms with van der Waals surface area (Å²) in [7, 11) is -2.82. The largest absolute Gasteiger partial charge is 0.459 e. The Balaban J connectivity index is 2.15. The third-order valence-electron chi connectivity index (χ3n) is 4.37. The van der Waals surface area contributed by atoms with Crippen LogP contribution >= 0.6 is 7.92 Å². The predicted octanol–water partition coefficient (Wildman–Crippen LogP) is 4.90. The Kier molecular flexibility index (Phi) is 7.23. The van der Waals surface area contributed by atoms with Crippen molar-refractivity contribution < 1.29 is 13.7 Å². The predicted molar refractivity (Wildman–Crippen MR) is 126 cm³/mol. The number of carbonyl (C=O) groups is 1. The summed E-state index contributed by atoms with van der Waals surface area (Å²) in [5.74, 6) is -0.430. The Labute approximate surface area is 182 Å². The van der Waals surface area contributed by atoms with Crippen LogP contribution in [0.2, 0.25) is 0 Å². The number of benzene rings is 3. The van der Waals surface area contributed by atoms with Crippen molar-refractivity contribution in [3.63, 3.8) is 0 Å². The smallest absolute Gasteiger partial charge is 0.327 e. The number of hydrogen-bond donors (Lipinski definition) is 0. The average molecular weight is 439 g/mol. The lowest BCUT2D eigenvalue weighted by Gasteiger charge is -2.29. The average Bonchev–Trinajstić information content (AvgIpc) is 2.72. The van der Waals surface area contributed by atoms with Crippen LogP contribution in [0.5, 0.6) is 0 Å². The number of rotatable bonds is 6. The molecule has 0 fully saturated rings. The molecule has 0 aliphatic heterocycles. The second-order valence-electron chi connectivity index (χ2n) is 8.04. The van der Waals surface area contributed by atoms with Crippen LogP contribution in [0.25, 0.3) is 0 Å². The van der Waals surface area contributed by atoms with Gasteiger partial charge in [-0.15, -0.1) is 0 Å². The summed E-state index contributed by atoms with van der Waals surface area (Å²) in [6, 6.07) is 27.2. The molecule has 0 saturated heterocycles. The van der Waals surface area contributed by atoms with Gasteiger partial charge in [0.25, 0.3) is 0 Å². The van der Waals surface area contributed by atoms with Crippen LogP contribution in [-0.2, 0) is 20.3 Å². The molecule has 0 spiro atoms. The van der Waals surface area contributed by atoms with E-state index >= 15 is 0 Å². The highest BCUT2D eigenvalue weighted by molar-refractivity contribution is 7.98. The van der Waals surface area contributed by atoms with Gasteiger partial charge >= 0.3 is 5.97 Å². The fraction of sp³-hybridized carbons (Fsp3) is 0.240. The van der Waals surface area contributed by atoms with Gasteiger partial charge in [0.2, 0.25) is 0 Å². The fourth-order valence-electron chi connectivity index (χ4n) is 3.04. The van der Waals surface area contributed by atoms with Gasteiger partial charge in [-0.2, -0.15) is 0 Å². The highest BCUT2D eigenvalue weighted by Crippen LogP contribution is 2.44. The van der Waals surface area contributed by atoms with Gasteiger partial charge in [0.1, 0.15) is 5.60 Å². The van der Waals surface area contributed by atoms with E-state index in [9.17, 15) is 9.00 Å². The SMILES string of the molecule is Cc1ccc(S(=O)[C@@H](C(=O)OC(C)(C)C)P(c2ccccc2)c2ccccc2)cc1. The maximum Gasteiger partial charge on any atom is 0.327 e. The van der Waals surface area contributed by atoms with E-state index in [0.29, 0.717) is 4.90 Å². The molecule has 0 aliphatic rings. The lowest BCUT2D eigenvalue weighted by atomic mass is 10.2. The molecule has 1 unspecified atom stereocenters. The van der Waals surface area contributed by atoms with Crippen LogP contribution in [0.15, 0.2) is 89.8 Å². The molecule has 3 rings (SSSR count). The maximum absolute atomic E-state index is 13.8. The number of aryl methyl sites for hydroxylation is 1. The molecular formula is C25H27O3PS. The molecule has 0 aromatic heterocycles. The van der Waals surface area contributed by atoms with Crippen molar-refractivity contribution in [1.82, 2.24) is 0 Å². The van der Waals surface area contributed by atoms with Crippen molar-refractivity contribution in [1.29, 1.82) is 0 Å². The molecule has 0 N–H and O–H groups in total. The lowest BCUT2D eigenvalue weighted by molar-refractivity contribution is -0.152. The molecule has 30 heavy (non-hydrogen) atoms.